The number of nitrogens with zero attached hydrogens (tertiary/aromatic N) is 5. The maximum absolute atomic E-state index is 13.1. The highest BCUT2D eigenvalue weighted by molar-refractivity contribution is 7.13. The Hall–Kier alpha value is -4.08. The molecular weight excluding hydrogens is 596 g/mol. The summed E-state index contributed by atoms with van der Waals surface area (Å²) in [6.07, 6.45) is -0.0171. The van der Waals surface area contributed by atoms with E-state index in [1.165, 1.54) is 19.5 Å². The number of carbonyl (C=O) groups is 2. The number of alkyl halides is 3. The number of carbonyl (C=O) groups excluding carboxylic acids is 2. The third-order valence-corrected chi connectivity index (χ3v) is 6.93. The number of anilines is 3. The minimum Gasteiger partial charge on any atom is -0.480 e. The summed E-state index contributed by atoms with van der Waals surface area (Å²) in [6.45, 7) is 1.61. The van der Waals surface area contributed by atoms with Gasteiger partial charge in [0.15, 0.2) is 11.5 Å². The van der Waals surface area contributed by atoms with Crippen molar-refractivity contribution in [2.75, 3.05) is 17.7 Å². The lowest BCUT2D eigenvalue weighted by Gasteiger charge is -2.14. The first-order valence-electron chi connectivity index (χ1n) is 11.0. The third kappa shape index (κ3) is 6.55. The fraction of sp³-hybridized carbons (Fsp3) is 0.174. The lowest BCUT2D eigenvalue weighted by Crippen LogP contribution is -2.28. The summed E-state index contributed by atoms with van der Waals surface area (Å²) in [6, 6.07) is 3.29. The molecule has 3 N–H and O–H groups in total. The van der Waals surface area contributed by atoms with Gasteiger partial charge in [0.1, 0.15) is 32.7 Å². The first-order valence-corrected chi connectivity index (χ1v) is 12.6. The zero-order valence-corrected chi connectivity index (χ0v) is 22.7. The molecule has 0 aromatic carbocycles. The highest BCUT2D eigenvalue weighted by Crippen LogP contribution is 2.35. The van der Waals surface area contributed by atoms with Crippen molar-refractivity contribution in [3.05, 3.63) is 74.3 Å². The molecule has 0 fully saturated rings. The van der Waals surface area contributed by atoms with E-state index in [2.05, 4.69) is 40.9 Å². The Morgan fingerprint density at radius 3 is 2.58 bits per heavy atom. The van der Waals surface area contributed by atoms with E-state index in [-0.39, 0.29) is 33.1 Å². The third-order valence-electron chi connectivity index (χ3n) is 5.09. The van der Waals surface area contributed by atoms with E-state index in [9.17, 15) is 22.8 Å². The number of methoxy groups -OCH3 is 1. The monoisotopic (exact) mass is 612 g/mol. The van der Waals surface area contributed by atoms with Crippen molar-refractivity contribution < 1.29 is 27.5 Å². The first kappa shape index (κ1) is 28.9. The van der Waals surface area contributed by atoms with E-state index in [1.807, 2.05) is 0 Å². The quantitative estimate of drug-likeness (QED) is 0.233. The van der Waals surface area contributed by atoms with Crippen LogP contribution in [0.5, 0.6) is 5.88 Å². The molecule has 4 aromatic heterocycles. The van der Waals surface area contributed by atoms with Crippen LogP contribution in [0.2, 0.25) is 10.0 Å². The second kappa shape index (κ2) is 12.0. The van der Waals surface area contributed by atoms with E-state index in [1.54, 1.807) is 19.1 Å². The molecule has 0 aliphatic heterocycles. The summed E-state index contributed by atoms with van der Waals surface area (Å²) in [5.41, 5.74) is -0.804. The van der Waals surface area contributed by atoms with Crippen molar-refractivity contribution >= 4 is 63.7 Å². The summed E-state index contributed by atoms with van der Waals surface area (Å²) in [4.78, 5) is 45.5. The van der Waals surface area contributed by atoms with Gasteiger partial charge in [-0.3, -0.25) is 9.59 Å². The van der Waals surface area contributed by atoms with Crippen LogP contribution >= 0.6 is 34.5 Å². The first-order chi connectivity index (χ1) is 19.0. The molecule has 4 rings (SSSR count). The molecule has 11 nitrogen and oxygen atoms in total. The molecule has 0 aliphatic rings. The number of pyridine rings is 2. The van der Waals surface area contributed by atoms with Crippen LogP contribution in [0.3, 0.4) is 0 Å². The molecule has 4 aromatic rings. The van der Waals surface area contributed by atoms with Crippen molar-refractivity contribution in [2.45, 2.75) is 19.1 Å². The summed E-state index contributed by atoms with van der Waals surface area (Å²) < 4.78 is 44.5. The van der Waals surface area contributed by atoms with E-state index in [0.717, 1.165) is 23.9 Å². The number of ether oxygens (including phenoxy) is 1. The van der Waals surface area contributed by atoms with Crippen molar-refractivity contribution in [2.24, 2.45) is 0 Å². The molecule has 0 bridgehead atoms. The Morgan fingerprint density at radius 2 is 1.85 bits per heavy atom. The van der Waals surface area contributed by atoms with Gasteiger partial charge in [0.25, 0.3) is 11.8 Å². The topological polar surface area (TPSA) is 144 Å². The molecule has 0 saturated heterocycles. The van der Waals surface area contributed by atoms with Crippen LogP contribution in [-0.2, 0) is 6.18 Å². The van der Waals surface area contributed by atoms with Gasteiger partial charge < -0.3 is 20.7 Å². The Morgan fingerprint density at radius 1 is 1.07 bits per heavy atom. The lowest BCUT2D eigenvalue weighted by molar-refractivity contribution is -0.137. The van der Waals surface area contributed by atoms with Crippen LogP contribution in [-0.4, -0.2) is 43.8 Å². The van der Waals surface area contributed by atoms with Crippen LogP contribution < -0.4 is 20.7 Å². The Balaban J connectivity index is 1.44. The van der Waals surface area contributed by atoms with Crippen LogP contribution in [0, 0.1) is 0 Å². The molecule has 0 spiro atoms. The van der Waals surface area contributed by atoms with Crippen LogP contribution in [0.15, 0.2) is 43.1 Å². The number of aromatic nitrogens is 5. The van der Waals surface area contributed by atoms with Gasteiger partial charge in [0.2, 0.25) is 5.88 Å². The lowest BCUT2D eigenvalue weighted by atomic mass is 10.2. The van der Waals surface area contributed by atoms with Gasteiger partial charge in [-0.1, -0.05) is 23.2 Å². The number of nitrogens with one attached hydrogen (secondary N) is 3. The number of hydrogen-bond donors (Lipinski definition) is 3. The van der Waals surface area contributed by atoms with Gasteiger partial charge >= 0.3 is 6.18 Å². The van der Waals surface area contributed by atoms with E-state index in [4.69, 9.17) is 27.9 Å². The molecule has 1 atom stereocenters. The van der Waals surface area contributed by atoms with E-state index < -0.39 is 34.6 Å². The van der Waals surface area contributed by atoms with E-state index in [0.29, 0.717) is 16.8 Å². The minimum atomic E-state index is -4.72. The SMILES string of the molecule is COc1ncccc1Nc1ncnc(C(=O)NC(C)c2ncc(C(=O)Nc3cc(C(F)(F)F)c(Cl)cn3)s2)c1Cl. The van der Waals surface area contributed by atoms with Crippen LogP contribution in [0.25, 0.3) is 0 Å². The number of halogens is 5. The summed E-state index contributed by atoms with van der Waals surface area (Å²) in [5, 5.41) is 7.58. The van der Waals surface area contributed by atoms with Crippen LogP contribution in [0.1, 0.15) is 43.7 Å². The molecule has 0 radical (unpaired) electrons. The highest BCUT2D eigenvalue weighted by atomic mass is 35.5. The van der Waals surface area contributed by atoms with Crippen molar-refractivity contribution in [1.29, 1.82) is 0 Å². The number of hydrogen-bond acceptors (Lipinski definition) is 10. The number of thiazole rings is 1. The maximum atomic E-state index is 13.1. The average Bonchev–Trinajstić information content (AvgIpc) is 3.41. The summed E-state index contributed by atoms with van der Waals surface area (Å²) in [5.74, 6) is -1.31. The maximum Gasteiger partial charge on any atom is 0.418 e. The van der Waals surface area contributed by atoms with Crippen molar-refractivity contribution in [3.8, 4) is 5.88 Å². The van der Waals surface area contributed by atoms with Crippen molar-refractivity contribution in [1.82, 2.24) is 30.2 Å². The van der Waals surface area contributed by atoms with Gasteiger partial charge in [-0.05, 0) is 25.1 Å². The Bertz CT molecular complexity index is 1570. The minimum absolute atomic E-state index is 0.0639. The summed E-state index contributed by atoms with van der Waals surface area (Å²) >= 11 is 12.9. The molecular formula is C23H17Cl2F3N8O3S. The normalized spacial score (nSPS) is 12.0. The zero-order chi connectivity index (χ0) is 29.0. The van der Waals surface area contributed by atoms with Crippen molar-refractivity contribution in [3.63, 3.8) is 0 Å². The second-order valence-electron chi connectivity index (χ2n) is 7.83. The predicted molar refractivity (Wildman–Crippen MR) is 141 cm³/mol. The van der Waals surface area contributed by atoms with Crippen LogP contribution in [0.4, 0.5) is 30.5 Å². The standard InChI is InChI=1S/C23H17Cl2F3N8O3S/c1-10(22-31-8-14(40-22)19(37)36-15-6-11(23(26,27)28)12(24)7-30-15)34-20(38)17-16(25)18(33-9-32-17)35-13-4-3-5-29-21(13)39-2/h3-10H,1-2H3,(H,34,38)(H,30,36,37)(H,32,33,35). The molecule has 4 heterocycles. The molecule has 2 amide bonds. The highest BCUT2D eigenvalue weighted by Gasteiger charge is 2.34. The van der Waals surface area contributed by atoms with E-state index >= 15 is 0 Å². The molecule has 0 saturated carbocycles. The van der Waals surface area contributed by atoms with Gasteiger partial charge in [-0.25, -0.2) is 24.9 Å². The fourth-order valence-corrected chi connectivity index (χ4v) is 4.47. The Labute approximate surface area is 238 Å². The van der Waals surface area contributed by atoms with Gasteiger partial charge in [0, 0.05) is 12.4 Å². The van der Waals surface area contributed by atoms with Gasteiger partial charge in [0.05, 0.1) is 29.9 Å². The summed E-state index contributed by atoms with van der Waals surface area (Å²) in [7, 11) is 1.45. The smallest absolute Gasteiger partial charge is 0.418 e. The number of rotatable bonds is 8. The van der Waals surface area contributed by atoms with Gasteiger partial charge in [-0.2, -0.15) is 13.2 Å². The molecule has 208 valence electrons. The molecule has 17 heteroatoms. The van der Waals surface area contributed by atoms with Gasteiger partial charge in [-0.15, -0.1) is 11.3 Å². The largest absolute Gasteiger partial charge is 0.480 e. The second-order valence-corrected chi connectivity index (χ2v) is 9.68. The Kier molecular flexibility index (Phi) is 8.66. The average molecular weight is 613 g/mol. The molecule has 1 unspecified atom stereocenters. The predicted octanol–water partition coefficient (Wildman–Crippen LogP) is 5.54. The fourth-order valence-electron chi connectivity index (χ4n) is 3.21. The number of amides is 2. The zero-order valence-electron chi connectivity index (χ0n) is 20.4. The molecule has 40 heavy (non-hydrogen) atoms. The molecule has 0 aliphatic carbocycles.